The maximum atomic E-state index is 12.9. The number of amides is 2. The van der Waals surface area contributed by atoms with Gasteiger partial charge in [0.2, 0.25) is 11.8 Å². The molecule has 9 heteroatoms. The number of fused-ring (bicyclic) bond motifs is 1. The van der Waals surface area contributed by atoms with E-state index in [4.69, 9.17) is 4.74 Å². The Bertz CT molecular complexity index is 927. The number of methoxy groups -OCH3 is 1. The summed E-state index contributed by atoms with van der Waals surface area (Å²) < 4.78 is 17.8. The smallest absolute Gasteiger partial charge is 0.341 e. The van der Waals surface area contributed by atoms with Crippen molar-refractivity contribution >= 4 is 39.8 Å². The Kier molecular flexibility index (Phi) is 6.60. The number of esters is 1. The Labute approximate surface area is 171 Å². The molecule has 0 spiro atoms. The van der Waals surface area contributed by atoms with E-state index >= 15 is 0 Å². The highest BCUT2D eigenvalue weighted by Gasteiger charge is 2.28. The molecule has 0 saturated carbocycles. The Balaban J connectivity index is 1.56. The number of nitrogens with one attached hydrogen (secondary N) is 2. The van der Waals surface area contributed by atoms with Crippen LogP contribution >= 0.6 is 11.3 Å². The monoisotopic (exact) mass is 419 g/mol. The second-order valence-corrected chi connectivity index (χ2v) is 7.93. The van der Waals surface area contributed by atoms with Crippen molar-refractivity contribution in [3.63, 3.8) is 0 Å². The largest absolute Gasteiger partial charge is 0.465 e. The number of likely N-dealkylation sites (N-methyl/N-ethyl adjacent to an activating group) is 1. The average molecular weight is 419 g/mol. The van der Waals surface area contributed by atoms with Crippen molar-refractivity contribution in [1.29, 1.82) is 0 Å². The second kappa shape index (κ2) is 9.15. The predicted molar refractivity (Wildman–Crippen MR) is 109 cm³/mol. The van der Waals surface area contributed by atoms with E-state index in [-0.39, 0.29) is 30.7 Å². The van der Waals surface area contributed by atoms with Crippen molar-refractivity contribution in [2.24, 2.45) is 0 Å². The standard InChI is InChI=1S/C20H22FN3O4S/c1-24(10-16(25)22-13-8-6-12(21)7-9-13)11-17(26)23-19-18(20(27)28-2)14-4-3-5-15(14)29-19/h6-9H,3-5,10-11H2,1-2H3,(H,22,25)(H,23,26). The fourth-order valence-corrected chi connectivity index (χ4v) is 4.55. The minimum Gasteiger partial charge on any atom is -0.465 e. The Morgan fingerprint density at radius 1 is 1.10 bits per heavy atom. The number of halogens is 1. The van der Waals surface area contributed by atoms with Gasteiger partial charge in [-0.05, 0) is 56.1 Å². The van der Waals surface area contributed by atoms with Crippen LogP contribution in [0.3, 0.4) is 0 Å². The van der Waals surface area contributed by atoms with Gasteiger partial charge in [0.1, 0.15) is 10.8 Å². The number of aryl methyl sites for hydroxylation is 1. The quantitative estimate of drug-likeness (QED) is 0.674. The second-order valence-electron chi connectivity index (χ2n) is 6.83. The first-order valence-corrected chi connectivity index (χ1v) is 9.95. The molecule has 0 unspecified atom stereocenters. The fraction of sp³-hybridized carbons (Fsp3) is 0.350. The Hall–Kier alpha value is -2.78. The molecule has 1 heterocycles. The molecule has 0 bridgehead atoms. The third-order valence-electron chi connectivity index (χ3n) is 4.52. The van der Waals surface area contributed by atoms with E-state index in [9.17, 15) is 18.8 Å². The van der Waals surface area contributed by atoms with Crippen molar-refractivity contribution in [1.82, 2.24) is 4.90 Å². The van der Waals surface area contributed by atoms with Crippen LogP contribution < -0.4 is 10.6 Å². The van der Waals surface area contributed by atoms with Gasteiger partial charge in [-0.25, -0.2) is 9.18 Å². The van der Waals surface area contributed by atoms with E-state index in [2.05, 4.69) is 10.6 Å². The number of hydrogen-bond donors (Lipinski definition) is 2. The van der Waals surface area contributed by atoms with E-state index in [1.165, 1.54) is 42.7 Å². The Morgan fingerprint density at radius 3 is 2.41 bits per heavy atom. The minimum absolute atomic E-state index is 0.0183. The molecule has 2 aromatic rings. The van der Waals surface area contributed by atoms with Gasteiger partial charge in [0.05, 0.1) is 25.8 Å². The molecule has 154 valence electrons. The summed E-state index contributed by atoms with van der Waals surface area (Å²) in [4.78, 5) is 39.3. The van der Waals surface area contributed by atoms with Crippen LogP contribution in [0.25, 0.3) is 0 Å². The first-order valence-electron chi connectivity index (χ1n) is 9.14. The topological polar surface area (TPSA) is 87.7 Å². The lowest BCUT2D eigenvalue weighted by Gasteiger charge is -2.16. The summed E-state index contributed by atoms with van der Waals surface area (Å²) in [6.45, 7) is -0.0460. The lowest BCUT2D eigenvalue weighted by atomic mass is 10.1. The number of hydrogen-bond acceptors (Lipinski definition) is 6. The Morgan fingerprint density at radius 2 is 1.76 bits per heavy atom. The summed E-state index contributed by atoms with van der Waals surface area (Å²) in [5.74, 6) is -1.49. The average Bonchev–Trinajstić information content (AvgIpc) is 3.23. The third kappa shape index (κ3) is 5.18. The summed E-state index contributed by atoms with van der Waals surface area (Å²) in [5, 5.41) is 5.92. The van der Waals surface area contributed by atoms with Crippen LogP contribution in [0.5, 0.6) is 0 Å². The molecule has 0 saturated heterocycles. The van der Waals surface area contributed by atoms with Crippen LogP contribution in [0.2, 0.25) is 0 Å². The van der Waals surface area contributed by atoms with Gasteiger partial charge in [-0.3, -0.25) is 14.5 Å². The van der Waals surface area contributed by atoms with Crippen molar-refractivity contribution in [2.75, 3.05) is 37.9 Å². The molecule has 1 aromatic carbocycles. The van der Waals surface area contributed by atoms with Gasteiger partial charge in [-0.15, -0.1) is 11.3 Å². The van der Waals surface area contributed by atoms with Gasteiger partial charge in [0.15, 0.2) is 0 Å². The number of rotatable bonds is 7. The molecule has 0 fully saturated rings. The fourth-order valence-electron chi connectivity index (χ4n) is 3.26. The highest BCUT2D eigenvalue weighted by molar-refractivity contribution is 7.17. The van der Waals surface area contributed by atoms with Gasteiger partial charge in [0.25, 0.3) is 0 Å². The van der Waals surface area contributed by atoms with E-state index in [1.807, 2.05) is 0 Å². The van der Waals surface area contributed by atoms with Crippen molar-refractivity contribution in [3.8, 4) is 0 Å². The van der Waals surface area contributed by atoms with Gasteiger partial charge >= 0.3 is 5.97 Å². The highest BCUT2D eigenvalue weighted by Crippen LogP contribution is 2.39. The first kappa shape index (κ1) is 20.9. The van der Waals surface area contributed by atoms with Crippen molar-refractivity contribution in [3.05, 3.63) is 46.1 Å². The van der Waals surface area contributed by atoms with Crippen LogP contribution in [0.1, 0.15) is 27.2 Å². The molecule has 0 atom stereocenters. The molecule has 2 amide bonds. The van der Waals surface area contributed by atoms with Crippen LogP contribution in [0.15, 0.2) is 24.3 Å². The van der Waals surface area contributed by atoms with E-state index in [0.717, 1.165) is 29.7 Å². The van der Waals surface area contributed by atoms with E-state index in [1.54, 1.807) is 11.9 Å². The first-order chi connectivity index (χ1) is 13.9. The number of ether oxygens (including phenoxy) is 1. The van der Waals surface area contributed by atoms with Gasteiger partial charge < -0.3 is 15.4 Å². The maximum absolute atomic E-state index is 12.9. The van der Waals surface area contributed by atoms with Gasteiger partial charge in [-0.2, -0.15) is 0 Å². The molecule has 0 aliphatic heterocycles. The zero-order valence-corrected chi connectivity index (χ0v) is 17.0. The number of carbonyl (C=O) groups is 3. The summed E-state index contributed by atoms with van der Waals surface area (Å²) in [6.07, 6.45) is 2.68. The molecule has 1 aliphatic carbocycles. The van der Waals surface area contributed by atoms with Gasteiger partial charge in [-0.1, -0.05) is 0 Å². The van der Waals surface area contributed by atoms with Gasteiger partial charge in [0, 0.05) is 10.6 Å². The molecule has 0 radical (unpaired) electrons. The lowest BCUT2D eigenvalue weighted by Crippen LogP contribution is -2.36. The molecule has 1 aromatic heterocycles. The molecule has 2 N–H and O–H groups in total. The zero-order valence-electron chi connectivity index (χ0n) is 16.2. The molecule has 29 heavy (non-hydrogen) atoms. The molecule has 3 rings (SSSR count). The maximum Gasteiger partial charge on any atom is 0.341 e. The number of anilines is 2. The highest BCUT2D eigenvalue weighted by atomic mass is 32.1. The van der Waals surface area contributed by atoms with Crippen molar-refractivity contribution in [2.45, 2.75) is 19.3 Å². The SMILES string of the molecule is COC(=O)c1c(NC(=O)CN(C)CC(=O)Nc2ccc(F)cc2)sc2c1CCC2. The van der Waals surface area contributed by atoms with Crippen molar-refractivity contribution < 1.29 is 23.5 Å². The molecular formula is C20H22FN3O4S. The van der Waals surface area contributed by atoms with E-state index < -0.39 is 5.97 Å². The summed E-state index contributed by atoms with van der Waals surface area (Å²) in [5.41, 5.74) is 1.88. The van der Waals surface area contributed by atoms with E-state index in [0.29, 0.717) is 16.3 Å². The van der Waals surface area contributed by atoms with Crippen LogP contribution in [0.4, 0.5) is 15.1 Å². The zero-order chi connectivity index (χ0) is 21.0. The molecule has 7 nitrogen and oxygen atoms in total. The summed E-state index contributed by atoms with van der Waals surface area (Å²) in [7, 11) is 2.96. The molecular weight excluding hydrogens is 397 g/mol. The van der Waals surface area contributed by atoms with Crippen LogP contribution in [-0.2, 0) is 27.2 Å². The summed E-state index contributed by atoms with van der Waals surface area (Å²) >= 11 is 1.40. The van der Waals surface area contributed by atoms with Crippen LogP contribution in [0, 0.1) is 5.82 Å². The lowest BCUT2D eigenvalue weighted by molar-refractivity contribution is -0.119. The molecule has 1 aliphatic rings. The number of thiophene rings is 1. The number of nitrogens with zero attached hydrogens (tertiary/aromatic N) is 1. The minimum atomic E-state index is -0.452. The number of benzene rings is 1. The predicted octanol–water partition coefficient (Wildman–Crippen LogP) is 2.67. The normalized spacial score (nSPS) is 12.6. The summed E-state index contributed by atoms with van der Waals surface area (Å²) in [6, 6.07) is 5.43. The number of carbonyl (C=O) groups excluding carboxylic acids is 3. The third-order valence-corrected chi connectivity index (χ3v) is 5.73. The van der Waals surface area contributed by atoms with Crippen LogP contribution in [-0.4, -0.2) is 49.9 Å².